The highest BCUT2D eigenvalue weighted by atomic mass is 16.6. The van der Waals surface area contributed by atoms with Gasteiger partial charge in [-0.1, -0.05) is 97.4 Å². The van der Waals surface area contributed by atoms with E-state index in [9.17, 15) is 34.8 Å². The number of anilines is 1. The highest BCUT2D eigenvalue weighted by Crippen LogP contribution is 2.31. The summed E-state index contributed by atoms with van der Waals surface area (Å²) >= 11 is 0. The number of carbonyl (C=O) groups is 3. The van der Waals surface area contributed by atoms with Gasteiger partial charge in [0.15, 0.2) is 6.29 Å². The molecule has 0 saturated carbocycles. The molecule has 1 heterocycles. The number of ether oxygens (including phenoxy) is 3. The summed E-state index contributed by atoms with van der Waals surface area (Å²) in [6.45, 7) is 16.7. The molecule has 1 aliphatic heterocycles. The van der Waals surface area contributed by atoms with Gasteiger partial charge in [-0.2, -0.15) is 0 Å². The molecule has 65 heavy (non-hydrogen) atoms. The molecule has 0 radical (unpaired) electrons. The summed E-state index contributed by atoms with van der Waals surface area (Å²) in [7, 11) is 6.37. The highest BCUT2D eigenvalue weighted by molar-refractivity contribution is 5.83. The Morgan fingerprint density at radius 1 is 0.800 bits per heavy atom. The molecular weight excluding hydrogens is 833 g/mol. The molecular formula is C49H82N6O10. The standard InChI is InChI=1S/C49H82N6O10/c1-13-32(7)43(53(9)47(59)41(30(3)4)52-46(58)42(31(5)6)54(10)49(62)65-29-35-22-24-36(25-23-35)50-14-2)39(63-11)28-40(56)55-26-18-21-38(55)44(64-12)33(8)45(57)51-37(48(60)61)27-34-19-16-15-17-20-34/h15-17,19-20,22-25,30-33,37-39,41-46,48,50-52,57-58,60-61H,13-14,18,21,26-29H2,1-12H3/t32?,33-,37?,38?,39?,41+,42+,43?,44?,45?,46?/m1/s1. The summed E-state index contributed by atoms with van der Waals surface area (Å²) in [5, 5.41) is 52.8. The Bertz CT molecular complexity index is 1700. The van der Waals surface area contributed by atoms with E-state index in [0.29, 0.717) is 19.4 Å². The number of aliphatic hydroxyl groups excluding tert-OH is 3. The largest absolute Gasteiger partial charge is 0.445 e. The lowest BCUT2D eigenvalue weighted by Gasteiger charge is -2.42. The van der Waals surface area contributed by atoms with Crippen LogP contribution in [-0.2, 0) is 36.8 Å². The molecule has 1 aliphatic rings. The van der Waals surface area contributed by atoms with Gasteiger partial charge in [0.25, 0.3) is 0 Å². The lowest BCUT2D eigenvalue weighted by molar-refractivity contribution is -0.147. The van der Waals surface area contributed by atoms with E-state index in [1.54, 1.807) is 38.1 Å². The number of amides is 3. The minimum absolute atomic E-state index is 0.0222. The fraction of sp³-hybridized carbons (Fsp3) is 0.694. The van der Waals surface area contributed by atoms with Crippen LogP contribution in [0.15, 0.2) is 54.6 Å². The smallest absolute Gasteiger partial charge is 0.410 e. The van der Waals surface area contributed by atoms with Gasteiger partial charge in [0.05, 0.1) is 48.8 Å². The van der Waals surface area contributed by atoms with Crippen molar-refractivity contribution in [1.82, 2.24) is 25.3 Å². The molecule has 2 aromatic carbocycles. The number of aliphatic hydroxyl groups is 4. The minimum Gasteiger partial charge on any atom is -0.445 e. The van der Waals surface area contributed by atoms with Crippen molar-refractivity contribution >= 4 is 23.6 Å². The number of carbonyl (C=O) groups excluding carboxylic acids is 3. The Kier molecular flexibility index (Phi) is 23.1. The first-order valence-corrected chi connectivity index (χ1v) is 23.4. The predicted octanol–water partition coefficient (Wildman–Crippen LogP) is 4.39. The average molecular weight is 915 g/mol. The molecule has 11 atom stereocenters. The third-order valence-corrected chi connectivity index (χ3v) is 13.1. The molecule has 0 bridgehead atoms. The van der Waals surface area contributed by atoms with E-state index in [-0.39, 0.29) is 55.1 Å². The van der Waals surface area contributed by atoms with E-state index >= 15 is 0 Å². The Morgan fingerprint density at radius 2 is 1.45 bits per heavy atom. The van der Waals surface area contributed by atoms with Crippen LogP contribution in [-0.4, -0.2) is 156 Å². The zero-order chi connectivity index (χ0) is 48.5. The second kappa shape index (κ2) is 27.1. The van der Waals surface area contributed by atoms with Gasteiger partial charge in [0, 0.05) is 53.0 Å². The highest BCUT2D eigenvalue weighted by Gasteiger charge is 2.44. The second-order valence-corrected chi connectivity index (χ2v) is 18.4. The normalized spacial score (nSPS) is 18.9. The topological polar surface area (TPSA) is 206 Å². The van der Waals surface area contributed by atoms with Crippen LogP contribution in [0, 0.1) is 23.7 Å². The van der Waals surface area contributed by atoms with Crippen molar-refractivity contribution in [2.75, 3.05) is 46.7 Å². The van der Waals surface area contributed by atoms with Gasteiger partial charge in [-0.25, -0.2) is 4.79 Å². The van der Waals surface area contributed by atoms with Gasteiger partial charge < -0.3 is 54.7 Å². The molecule has 16 nitrogen and oxygen atoms in total. The van der Waals surface area contributed by atoms with Crippen molar-refractivity contribution in [1.29, 1.82) is 0 Å². The maximum absolute atomic E-state index is 14.6. The number of nitrogens with zero attached hydrogens (tertiary/aromatic N) is 3. The lowest BCUT2D eigenvalue weighted by Crippen LogP contribution is -2.61. The van der Waals surface area contributed by atoms with Crippen molar-refractivity contribution in [3.63, 3.8) is 0 Å². The van der Waals surface area contributed by atoms with Gasteiger partial charge in [-0.3, -0.25) is 20.2 Å². The summed E-state index contributed by atoms with van der Waals surface area (Å²) in [6, 6.07) is 13.6. The van der Waals surface area contributed by atoms with Crippen LogP contribution in [0.3, 0.4) is 0 Å². The first-order valence-electron chi connectivity index (χ1n) is 23.4. The van der Waals surface area contributed by atoms with Crippen LogP contribution in [0.5, 0.6) is 0 Å². The molecule has 1 fully saturated rings. The maximum Gasteiger partial charge on any atom is 0.410 e. The van der Waals surface area contributed by atoms with Crippen molar-refractivity contribution in [2.45, 2.75) is 155 Å². The number of benzene rings is 2. The third kappa shape index (κ3) is 15.6. The van der Waals surface area contributed by atoms with Crippen LogP contribution < -0.4 is 16.0 Å². The summed E-state index contributed by atoms with van der Waals surface area (Å²) in [6.07, 6.45) is -3.79. The Labute approximate surface area is 388 Å². The quantitative estimate of drug-likeness (QED) is 0.0623. The molecule has 8 unspecified atom stereocenters. The summed E-state index contributed by atoms with van der Waals surface area (Å²) in [5.41, 5.74) is 2.66. The molecule has 368 valence electrons. The molecule has 3 amide bonds. The number of likely N-dealkylation sites (tertiary alicyclic amines) is 1. The average Bonchev–Trinajstić information content (AvgIpc) is 3.77. The maximum atomic E-state index is 14.6. The Balaban J connectivity index is 1.75. The molecule has 3 rings (SSSR count). The van der Waals surface area contributed by atoms with Gasteiger partial charge in [0.1, 0.15) is 19.1 Å². The first kappa shape index (κ1) is 55.5. The van der Waals surface area contributed by atoms with E-state index < -0.39 is 67.1 Å². The van der Waals surface area contributed by atoms with Crippen LogP contribution in [0.4, 0.5) is 10.5 Å². The zero-order valence-corrected chi connectivity index (χ0v) is 41.0. The summed E-state index contributed by atoms with van der Waals surface area (Å²) in [5.74, 6) is -1.59. The van der Waals surface area contributed by atoms with Crippen molar-refractivity contribution in [3.8, 4) is 0 Å². The van der Waals surface area contributed by atoms with Crippen LogP contribution >= 0.6 is 0 Å². The minimum atomic E-state index is -1.73. The number of likely N-dealkylation sites (N-methyl/N-ethyl adjacent to an activating group) is 2. The molecule has 16 heteroatoms. The number of methoxy groups -OCH3 is 2. The van der Waals surface area contributed by atoms with Gasteiger partial charge >= 0.3 is 6.09 Å². The summed E-state index contributed by atoms with van der Waals surface area (Å²) in [4.78, 5) is 47.1. The van der Waals surface area contributed by atoms with Crippen molar-refractivity contribution < 1.29 is 49.0 Å². The Hall–Kier alpha value is -3.87. The number of hydrogen-bond acceptors (Lipinski definition) is 13. The lowest BCUT2D eigenvalue weighted by atomic mass is 9.89. The monoisotopic (exact) mass is 915 g/mol. The Morgan fingerprint density at radius 3 is 1.98 bits per heavy atom. The number of hydrogen-bond donors (Lipinski definition) is 7. The van der Waals surface area contributed by atoms with Crippen molar-refractivity contribution in [2.24, 2.45) is 23.7 Å². The van der Waals surface area contributed by atoms with E-state index in [1.165, 1.54) is 4.90 Å². The summed E-state index contributed by atoms with van der Waals surface area (Å²) < 4.78 is 17.7. The zero-order valence-electron chi connectivity index (χ0n) is 41.0. The van der Waals surface area contributed by atoms with Crippen LogP contribution in [0.2, 0.25) is 0 Å². The predicted molar refractivity (Wildman–Crippen MR) is 252 cm³/mol. The molecule has 2 aromatic rings. The second-order valence-electron chi connectivity index (χ2n) is 18.4. The number of rotatable bonds is 27. The molecule has 0 spiro atoms. The van der Waals surface area contributed by atoms with E-state index in [2.05, 4.69) is 16.0 Å². The first-order chi connectivity index (χ1) is 30.8. The van der Waals surface area contributed by atoms with Crippen LogP contribution in [0.1, 0.15) is 92.2 Å². The van der Waals surface area contributed by atoms with E-state index in [1.807, 2.05) is 110 Å². The van der Waals surface area contributed by atoms with E-state index in [4.69, 9.17) is 14.2 Å². The van der Waals surface area contributed by atoms with E-state index in [0.717, 1.165) is 29.8 Å². The van der Waals surface area contributed by atoms with Crippen LogP contribution in [0.25, 0.3) is 0 Å². The third-order valence-electron chi connectivity index (χ3n) is 13.1. The van der Waals surface area contributed by atoms with Gasteiger partial charge in [-0.05, 0) is 67.2 Å². The SMILES string of the molecule is CCNc1ccc(COC(=O)N(C)[C@@H](C(C)C)C(O)N[C@H](C(=O)N(C)C(C(C)CC)C(CC(=O)N2CCCC2C(OC)[C@@H](C)C(O)NC(Cc2ccccc2)C(O)O)OC)C(C)C)cc1. The van der Waals surface area contributed by atoms with Gasteiger partial charge in [0.2, 0.25) is 11.8 Å². The molecule has 0 aliphatic carbocycles. The fourth-order valence-corrected chi connectivity index (χ4v) is 9.22. The van der Waals surface area contributed by atoms with Crippen molar-refractivity contribution in [3.05, 3.63) is 65.7 Å². The van der Waals surface area contributed by atoms with Gasteiger partial charge in [-0.15, -0.1) is 0 Å². The molecule has 7 N–H and O–H groups in total. The number of nitrogens with one attached hydrogen (secondary N) is 3. The fourth-order valence-electron chi connectivity index (χ4n) is 9.22. The molecule has 0 aromatic heterocycles. The molecule has 1 saturated heterocycles.